The molecule has 6 rings (SSSR count). The number of halogens is 2. The Balaban J connectivity index is 1.60. The van der Waals surface area contributed by atoms with Crippen molar-refractivity contribution in [2.24, 2.45) is 0 Å². The second kappa shape index (κ2) is 8.24. The predicted molar refractivity (Wildman–Crippen MR) is 145 cm³/mol. The summed E-state index contributed by atoms with van der Waals surface area (Å²) in [5, 5.41) is 25.4. The molecule has 0 radical (unpaired) electrons. The highest BCUT2D eigenvalue weighted by Crippen LogP contribution is 2.57. The number of anilines is 1. The van der Waals surface area contributed by atoms with Crippen molar-refractivity contribution in [2.45, 2.75) is 51.4 Å². The van der Waals surface area contributed by atoms with Crippen LogP contribution in [0.15, 0.2) is 50.9 Å². The van der Waals surface area contributed by atoms with Crippen LogP contribution in [0.3, 0.4) is 0 Å². The zero-order valence-electron chi connectivity index (χ0n) is 19.5. The van der Waals surface area contributed by atoms with E-state index in [9.17, 15) is 15.0 Å². The Kier molecular flexibility index (Phi) is 5.38. The lowest BCUT2D eigenvalue weighted by Crippen LogP contribution is -2.20. The smallest absolute Gasteiger partial charge is 0.233 e. The van der Waals surface area contributed by atoms with Crippen molar-refractivity contribution >= 4 is 49.0 Å². The number of aromatic hydroxyl groups is 2. The minimum absolute atomic E-state index is 0.0280. The molecular formula is C29H25Br2NO3. The third-order valence-electron chi connectivity index (χ3n) is 7.99. The van der Waals surface area contributed by atoms with Gasteiger partial charge < -0.3 is 15.5 Å². The molecule has 4 nitrogen and oxygen atoms in total. The van der Waals surface area contributed by atoms with E-state index in [0.29, 0.717) is 5.56 Å². The number of amides is 1. The van der Waals surface area contributed by atoms with Gasteiger partial charge in [0.1, 0.15) is 11.5 Å². The SMILES string of the molecule is CC1=C(c2cc(O)c3c(c2O)CCCC3)c2ccccc2C1C1C(=O)Nc2c(Br)cc(Br)c(C)c21. The molecule has 0 aromatic heterocycles. The maximum atomic E-state index is 13.5. The van der Waals surface area contributed by atoms with Gasteiger partial charge in [0.2, 0.25) is 5.91 Å². The van der Waals surface area contributed by atoms with Crippen molar-refractivity contribution in [3.63, 3.8) is 0 Å². The topological polar surface area (TPSA) is 69.6 Å². The highest BCUT2D eigenvalue weighted by atomic mass is 79.9. The Morgan fingerprint density at radius 3 is 2.40 bits per heavy atom. The molecule has 0 saturated heterocycles. The maximum Gasteiger partial charge on any atom is 0.233 e. The quantitative estimate of drug-likeness (QED) is 0.270. The number of carbonyl (C=O) groups is 1. The van der Waals surface area contributed by atoms with Crippen LogP contribution >= 0.6 is 31.9 Å². The number of phenolic OH excluding ortho intramolecular Hbond substituents is 2. The van der Waals surface area contributed by atoms with Gasteiger partial charge in [-0.15, -0.1) is 0 Å². The van der Waals surface area contributed by atoms with Crippen molar-refractivity contribution in [3.05, 3.63) is 89.9 Å². The predicted octanol–water partition coefficient (Wildman–Crippen LogP) is 7.46. The van der Waals surface area contributed by atoms with Gasteiger partial charge in [-0.05, 0) is 95.4 Å². The van der Waals surface area contributed by atoms with Crippen LogP contribution in [0.4, 0.5) is 5.69 Å². The molecule has 0 fully saturated rings. The second-order valence-electron chi connectivity index (χ2n) is 9.80. The minimum atomic E-state index is -0.397. The van der Waals surface area contributed by atoms with E-state index in [1.54, 1.807) is 6.07 Å². The van der Waals surface area contributed by atoms with Gasteiger partial charge in [-0.3, -0.25) is 4.79 Å². The molecule has 1 aliphatic heterocycles. The standard InChI is InChI=1S/C29H25Br2NO3/c1-13-20(30)12-21(31)27-25(13)26(29(35)32-27)24-14(2)23(16-8-4-5-9-17(16)24)19-11-22(33)15-7-3-6-10-18(15)28(19)34/h4-5,8-9,11-12,24,26,33-34H,3,6-7,10H2,1-2H3,(H,32,35). The van der Waals surface area contributed by atoms with Gasteiger partial charge in [0.25, 0.3) is 0 Å². The van der Waals surface area contributed by atoms with E-state index in [2.05, 4.69) is 56.2 Å². The summed E-state index contributed by atoms with van der Waals surface area (Å²) in [4.78, 5) is 13.5. The summed E-state index contributed by atoms with van der Waals surface area (Å²) in [7, 11) is 0. The average molecular weight is 595 g/mol. The van der Waals surface area contributed by atoms with E-state index in [1.807, 2.05) is 25.1 Å². The molecule has 2 atom stereocenters. The van der Waals surface area contributed by atoms with Gasteiger partial charge in [0, 0.05) is 31.6 Å². The molecule has 178 valence electrons. The van der Waals surface area contributed by atoms with Gasteiger partial charge in [0.05, 0.1) is 11.6 Å². The van der Waals surface area contributed by atoms with Crippen LogP contribution in [0.2, 0.25) is 0 Å². The summed E-state index contributed by atoms with van der Waals surface area (Å²) < 4.78 is 1.81. The first kappa shape index (κ1) is 22.9. The first-order valence-corrected chi connectivity index (χ1v) is 13.5. The Morgan fingerprint density at radius 2 is 1.63 bits per heavy atom. The normalized spacial score (nSPS) is 20.5. The summed E-state index contributed by atoms with van der Waals surface area (Å²) in [5.74, 6) is -0.0906. The number of allylic oxidation sites excluding steroid dienone is 1. The molecule has 1 amide bonds. The van der Waals surface area contributed by atoms with Crippen LogP contribution in [0.25, 0.3) is 5.57 Å². The summed E-state index contributed by atoms with van der Waals surface area (Å²) in [6, 6.07) is 11.8. The Hall–Kier alpha value is -2.57. The molecule has 3 aliphatic rings. The fraction of sp³-hybridized carbons (Fsp3) is 0.276. The number of rotatable bonds is 2. The number of nitrogens with one attached hydrogen (secondary N) is 1. The lowest BCUT2D eigenvalue weighted by Gasteiger charge is -2.23. The van der Waals surface area contributed by atoms with Gasteiger partial charge in [-0.2, -0.15) is 0 Å². The van der Waals surface area contributed by atoms with E-state index in [-0.39, 0.29) is 23.3 Å². The van der Waals surface area contributed by atoms with E-state index in [0.717, 1.165) is 84.8 Å². The molecule has 6 heteroatoms. The summed E-state index contributed by atoms with van der Waals surface area (Å²) in [6.07, 6.45) is 3.57. The van der Waals surface area contributed by atoms with Crippen LogP contribution in [-0.2, 0) is 17.6 Å². The molecule has 35 heavy (non-hydrogen) atoms. The van der Waals surface area contributed by atoms with Crippen LogP contribution in [0.1, 0.15) is 70.5 Å². The van der Waals surface area contributed by atoms with Gasteiger partial charge in [0.15, 0.2) is 0 Å². The monoisotopic (exact) mass is 593 g/mol. The third-order valence-corrected chi connectivity index (χ3v) is 9.44. The maximum absolute atomic E-state index is 13.5. The van der Waals surface area contributed by atoms with Gasteiger partial charge in [-0.25, -0.2) is 0 Å². The lowest BCUT2D eigenvalue weighted by atomic mass is 9.79. The fourth-order valence-electron chi connectivity index (χ4n) is 6.38. The Bertz CT molecular complexity index is 1470. The highest BCUT2D eigenvalue weighted by molar-refractivity contribution is 9.11. The number of hydrogen-bond acceptors (Lipinski definition) is 3. The van der Waals surface area contributed by atoms with Crippen molar-refractivity contribution in [2.75, 3.05) is 5.32 Å². The van der Waals surface area contributed by atoms with E-state index >= 15 is 0 Å². The Labute approximate surface area is 221 Å². The first-order chi connectivity index (χ1) is 16.8. The average Bonchev–Trinajstić information content (AvgIpc) is 3.33. The molecule has 0 spiro atoms. The lowest BCUT2D eigenvalue weighted by molar-refractivity contribution is -0.117. The van der Waals surface area contributed by atoms with Crippen LogP contribution in [0.5, 0.6) is 11.5 Å². The van der Waals surface area contributed by atoms with Crippen molar-refractivity contribution < 1.29 is 15.0 Å². The molecule has 3 aromatic carbocycles. The highest BCUT2D eigenvalue weighted by Gasteiger charge is 2.45. The number of carbonyl (C=O) groups excluding carboxylic acids is 1. The van der Waals surface area contributed by atoms with Crippen molar-refractivity contribution in [1.82, 2.24) is 0 Å². The molecule has 0 saturated carbocycles. The number of hydrogen-bond donors (Lipinski definition) is 3. The zero-order chi connectivity index (χ0) is 24.6. The minimum Gasteiger partial charge on any atom is -0.508 e. The molecule has 3 N–H and O–H groups in total. The van der Waals surface area contributed by atoms with E-state index in [1.165, 1.54) is 0 Å². The summed E-state index contributed by atoms with van der Waals surface area (Å²) in [6.45, 7) is 4.10. The van der Waals surface area contributed by atoms with Crippen LogP contribution in [-0.4, -0.2) is 16.1 Å². The van der Waals surface area contributed by atoms with Crippen molar-refractivity contribution in [1.29, 1.82) is 0 Å². The van der Waals surface area contributed by atoms with Gasteiger partial charge >= 0.3 is 0 Å². The fourth-order valence-corrected chi connectivity index (χ4v) is 7.67. The Morgan fingerprint density at radius 1 is 0.914 bits per heavy atom. The third kappa shape index (κ3) is 3.26. The van der Waals surface area contributed by atoms with E-state index < -0.39 is 5.92 Å². The molecule has 2 unspecified atom stereocenters. The van der Waals surface area contributed by atoms with E-state index in [4.69, 9.17) is 0 Å². The first-order valence-electron chi connectivity index (χ1n) is 12.0. The second-order valence-corrected chi connectivity index (χ2v) is 11.5. The molecular weight excluding hydrogens is 570 g/mol. The molecule has 2 aliphatic carbocycles. The van der Waals surface area contributed by atoms with Gasteiger partial charge in [-0.1, -0.05) is 45.8 Å². The number of phenols is 2. The molecule has 1 heterocycles. The molecule has 3 aromatic rings. The molecule has 0 bridgehead atoms. The largest absolute Gasteiger partial charge is 0.508 e. The summed E-state index contributed by atoms with van der Waals surface area (Å²) in [5.41, 5.74) is 9.27. The number of benzene rings is 3. The summed E-state index contributed by atoms with van der Waals surface area (Å²) >= 11 is 7.29. The van der Waals surface area contributed by atoms with Crippen molar-refractivity contribution in [3.8, 4) is 11.5 Å². The zero-order valence-corrected chi connectivity index (χ0v) is 22.7. The van der Waals surface area contributed by atoms with Crippen LogP contribution in [0, 0.1) is 6.92 Å². The number of fused-ring (bicyclic) bond motifs is 3. The van der Waals surface area contributed by atoms with Crippen LogP contribution < -0.4 is 5.32 Å².